The smallest absolute Gasteiger partial charge is 0.419 e. The Bertz CT molecular complexity index is 929. The van der Waals surface area contributed by atoms with E-state index in [1.54, 1.807) is 12.1 Å². The van der Waals surface area contributed by atoms with Gasteiger partial charge in [-0.15, -0.1) is 0 Å². The summed E-state index contributed by atoms with van der Waals surface area (Å²) >= 11 is 6.22. The van der Waals surface area contributed by atoms with Crippen LogP contribution in [0.4, 0.5) is 0 Å². The molecule has 0 aliphatic rings. The third kappa shape index (κ3) is 3.44. The summed E-state index contributed by atoms with van der Waals surface area (Å²) in [6.07, 6.45) is -0.182. The number of aromatic nitrogens is 1. The molecule has 3 aromatic rings. The van der Waals surface area contributed by atoms with Crippen LogP contribution >= 0.6 is 11.6 Å². The Balaban J connectivity index is 1.87. The first-order chi connectivity index (χ1) is 11.5. The van der Waals surface area contributed by atoms with Crippen molar-refractivity contribution in [3.8, 4) is 5.75 Å². The fourth-order valence-electron chi connectivity index (χ4n) is 2.33. The van der Waals surface area contributed by atoms with E-state index in [9.17, 15) is 9.59 Å². The van der Waals surface area contributed by atoms with Crippen LogP contribution < -0.4 is 10.5 Å². The summed E-state index contributed by atoms with van der Waals surface area (Å²) in [5.74, 6) is -1.22. The number of hydrogen-bond donors (Lipinski definition) is 1. The minimum absolute atomic E-state index is 0.0156. The van der Waals surface area contributed by atoms with Crippen molar-refractivity contribution in [3.05, 3.63) is 63.6 Å². The Morgan fingerprint density at radius 1 is 1.25 bits per heavy atom. The van der Waals surface area contributed by atoms with E-state index < -0.39 is 11.7 Å². The number of oxazole rings is 1. The van der Waals surface area contributed by atoms with Crippen molar-refractivity contribution < 1.29 is 19.1 Å². The SMILES string of the molecule is O=C(O)CCn1c(=O)oc2cc(OCc3ccccc3)c(Cl)cc21. The summed E-state index contributed by atoms with van der Waals surface area (Å²) in [5, 5.41) is 9.08. The molecule has 6 nitrogen and oxygen atoms in total. The molecule has 0 saturated carbocycles. The number of fused-ring (bicyclic) bond motifs is 1. The molecule has 0 unspecified atom stereocenters. The number of carboxylic acid groups (broad SMARTS) is 1. The third-order valence-corrected chi connectivity index (χ3v) is 3.80. The fourth-order valence-corrected chi connectivity index (χ4v) is 2.54. The van der Waals surface area contributed by atoms with Gasteiger partial charge in [-0.2, -0.15) is 0 Å². The predicted molar refractivity (Wildman–Crippen MR) is 88.5 cm³/mol. The number of aryl methyl sites for hydroxylation is 1. The zero-order valence-corrected chi connectivity index (χ0v) is 13.3. The molecule has 0 aliphatic heterocycles. The lowest BCUT2D eigenvalue weighted by atomic mass is 10.2. The molecule has 7 heteroatoms. The molecule has 0 aliphatic carbocycles. The van der Waals surface area contributed by atoms with E-state index >= 15 is 0 Å². The summed E-state index contributed by atoms with van der Waals surface area (Å²) in [6, 6.07) is 12.7. The summed E-state index contributed by atoms with van der Waals surface area (Å²) in [4.78, 5) is 22.6. The van der Waals surface area contributed by atoms with Gasteiger partial charge in [0.15, 0.2) is 5.58 Å². The Labute approximate surface area is 141 Å². The fraction of sp³-hybridized carbons (Fsp3) is 0.176. The summed E-state index contributed by atoms with van der Waals surface area (Å²) in [6.45, 7) is 0.345. The average molecular weight is 348 g/mol. The van der Waals surface area contributed by atoms with E-state index in [4.69, 9.17) is 25.9 Å². The Morgan fingerprint density at radius 3 is 2.71 bits per heavy atom. The maximum atomic E-state index is 11.9. The van der Waals surface area contributed by atoms with Crippen molar-refractivity contribution in [2.45, 2.75) is 19.6 Å². The highest BCUT2D eigenvalue weighted by atomic mass is 35.5. The summed E-state index contributed by atoms with van der Waals surface area (Å²) in [7, 11) is 0. The number of carbonyl (C=O) groups is 1. The van der Waals surface area contributed by atoms with Crippen LogP contribution in [0.15, 0.2) is 51.7 Å². The van der Waals surface area contributed by atoms with Gasteiger partial charge in [0.05, 0.1) is 17.0 Å². The number of hydrogen-bond acceptors (Lipinski definition) is 4. The van der Waals surface area contributed by atoms with Gasteiger partial charge in [-0.3, -0.25) is 9.36 Å². The van der Waals surface area contributed by atoms with Crippen LogP contribution in [0.3, 0.4) is 0 Å². The van der Waals surface area contributed by atoms with Crippen molar-refractivity contribution in [3.63, 3.8) is 0 Å². The lowest BCUT2D eigenvalue weighted by molar-refractivity contribution is -0.137. The third-order valence-electron chi connectivity index (χ3n) is 3.51. The molecule has 3 rings (SSSR count). The van der Waals surface area contributed by atoms with Gasteiger partial charge < -0.3 is 14.3 Å². The first kappa shape index (κ1) is 16.1. The number of carboxylic acids is 1. The first-order valence-corrected chi connectivity index (χ1v) is 7.64. The molecular weight excluding hydrogens is 334 g/mol. The summed E-state index contributed by atoms with van der Waals surface area (Å²) < 4.78 is 12.1. The highest BCUT2D eigenvalue weighted by Gasteiger charge is 2.14. The van der Waals surface area contributed by atoms with Crippen LogP contribution in [0.25, 0.3) is 11.1 Å². The molecule has 0 amide bonds. The number of halogens is 1. The first-order valence-electron chi connectivity index (χ1n) is 7.26. The van der Waals surface area contributed by atoms with E-state index in [2.05, 4.69) is 0 Å². The maximum Gasteiger partial charge on any atom is 0.419 e. The molecule has 0 spiro atoms. The van der Waals surface area contributed by atoms with Gasteiger partial charge in [0.25, 0.3) is 0 Å². The Hall–Kier alpha value is -2.73. The lowest BCUT2D eigenvalue weighted by Crippen LogP contribution is -2.16. The molecule has 1 aromatic heterocycles. The largest absolute Gasteiger partial charge is 0.487 e. The quantitative estimate of drug-likeness (QED) is 0.739. The monoisotopic (exact) mass is 347 g/mol. The van der Waals surface area contributed by atoms with Gasteiger partial charge in [0, 0.05) is 12.6 Å². The molecule has 0 atom stereocenters. The van der Waals surface area contributed by atoms with Gasteiger partial charge >= 0.3 is 11.7 Å². The molecular formula is C17H14ClNO5. The van der Waals surface area contributed by atoms with Gasteiger partial charge in [-0.05, 0) is 11.6 Å². The van der Waals surface area contributed by atoms with E-state index in [0.29, 0.717) is 28.5 Å². The van der Waals surface area contributed by atoms with E-state index in [-0.39, 0.29) is 13.0 Å². The van der Waals surface area contributed by atoms with Crippen LogP contribution in [0.2, 0.25) is 5.02 Å². The second-order valence-electron chi connectivity index (χ2n) is 5.19. The van der Waals surface area contributed by atoms with Crippen LogP contribution in [0.1, 0.15) is 12.0 Å². The lowest BCUT2D eigenvalue weighted by Gasteiger charge is -2.08. The van der Waals surface area contributed by atoms with Crippen molar-refractivity contribution in [1.82, 2.24) is 4.57 Å². The van der Waals surface area contributed by atoms with Crippen molar-refractivity contribution in [2.75, 3.05) is 0 Å². The van der Waals surface area contributed by atoms with Gasteiger partial charge in [0.2, 0.25) is 0 Å². The molecule has 2 aromatic carbocycles. The minimum atomic E-state index is -0.995. The van der Waals surface area contributed by atoms with E-state index in [1.807, 2.05) is 30.3 Å². The van der Waals surface area contributed by atoms with Crippen LogP contribution in [-0.4, -0.2) is 15.6 Å². The molecule has 1 heterocycles. The zero-order chi connectivity index (χ0) is 17.1. The van der Waals surface area contributed by atoms with E-state index in [1.165, 1.54) is 4.57 Å². The second kappa shape index (κ2) is 6.80. The second-order valence-corrected chi connectivity index (χ2v) is 5.60. The van der Waals surface area contributed by atoms with Gasteiger partial charge in [-0.1, -0.05) is 41.9 Å². The van der Waals surface area contributed by atoms with Gasteiger partial charge in [-0.25, -0.2) is 4.79 Å². The molecule has 124 valence electrons. The Kier molecular flexibility index (Phi) is 4.57. The number of nitrogens with zero attached hydrogens (tertiary/aromatic N) is 1. The molecule has 0 bridgehead atoms. The van der Waals surface area contributed by atoms with E-state index in [0.717, 1.165) is 5.56 Å². The predicted octanol–water partition coefficient (Wildman–Crippen LogP) is 3.30. The number of ether oxygens (including phenoxy) is 1. The van der Waals surface area contributed by atoms with Crippen molar-refractivity contribution in [2.24, 2.45) is 0 Å². The van der Waals surface area contributed by atoms with Crippen LogP contribution in [-0.2, 0) is 17.9 Å². The molecule has 0 radical (unpaired) electrons. The molecule has 0 fully saturated rings. The van der Waals surface area contributed by atoms with Crippen molar-refractivity contribution >= 4 is 28.7 Å². The highest BCUT2D eigenvalue weighted by molar-refractivity contribution is 6.32. The van der Waals surface area contributed by atoms with Crippen LogP contribution in [0, 0.1) is 0 Å². The van der Waals surface area contributed by atoms with Gasteiger partial charge in [0.1, 0.15) is 12.4 Å². The number of rotatable bonds is 6. The zero-order valence-electron chi connectivity index (χ0n) is 12.6. The van der Waals surface area contributed by atoms with Crippen molar-refractivity contribution in [1.29, 1.82) is 0 Å². The molecule has 1 N–H and O–H groups in total. The number of aliphatic carboxylic acids is 1. The van der Waals surface area contributed by atoms with Crippen LogP contribution in [0.5, 0.6) is 5.75 Å². The Morgan fingerprint density at radius 2 is 2.00 bits per heavy atom. The topological polar surface area (TPSA) is 81.7 Å². The summed E-state index contributed by atoms with van der Waals surface area (Å²) in [5.41, 5.74) is 1.73. The highest BCUT2D eigenvalue weighted by Crippen LogP contribution is 2.30. The molecule has 0 saturated heterocycles. The average Bonchev–Trinajstić information content (AvgIpc) is 2.86. The number of benzene rings is 2. The maximum absolute atomic E-state index is 11.9. The normalized spacial score (nSPS) is 10.9. The standard InChI is InChI=1S/C17H14ClNO5/c18-12-8-13-15(24-17(22)19(13)7-6-16(20)21)9-14(12)23-10-11-4-2-1-3-5-11/h1-5,8-9H,6-7,10H2,(H,20,21). The molecule has 24 heavy (non-hydrogen) atoms. The minimum Gasteiger partial charge on any atom is -0.487 e.